The second-order valence-electron chi connectivity index (χ2n) is 28.5. The number of aliphatic hydroxyl groups is 11. The molecule has 17 unspecified atom stereocenters. The van der Waals surface area contributed by atoms with Gasteiger partial charge in [-0.3, -0.25) is 4.79 Å². The van der Waals surface area contributed by atoms with Crippen LogP contribution in [0.5, 0.6) is 0 Å². The van der Waals surface area contributed by atoms with Crippen LogP contribution in [0, 0.1) is 0 Å². The van der Waals surface area contributed by atoms with E-state index >= 15 is 0 Å². The largest absolute Gasteiger partial charge is 0.394 e. The Hall–Kier alpha value is -1.73. The molecule has 0 aromatic heterocycles. The van der Waals surface area contributed by atoms with Crippen LogP contribution in [0.3, 0.4) is 0 Å². The zero-order valence-corrected chi connectivity index (χ0v) is 60.4. The van der Waals surface area contributed by atoms with Crippen LogP contribution in [0.1, 0.15) is 328 Å². The minimum atomic E-state index is -1.98. The maximum atomic E-state index is 13.4. The Labute approximate surface area is 581 Å². The molecule has 96 heavy (non-hydrogen) atoms. The third kappa shape index (κ3) is 39.1. The van der Waals surface area contributed by atoms with E-state index in [0.717, 1.165) is 38.5 Å². The summed E-state index contributed by atoms with van der Waals surface area (Å²) in [5, 5.41) is 121. The summed E-state index contributed by atoms with van der Waals surface area (Å²) in [4.78, 5) is 13.4. The average molecular weight is 1370 g/mol. The number of unbranched alkanes of at least 4 members (excludes halogenated alkanes) is 45. The SMILES string of the molecule is CCCCCCCCCCCCCCCCCCCCCCCCCCC/C=C/CC/C=C/C(O)C(COC1OC(CO)C(OC2OC(CO)C(OC3OC(CO)C(O)C(O)C3O)C(O)C2O)C(O)C1O)NC(=O)CCCCCCCCCCCCCCCCCCCCCC. The van der Waals surface area contributed by atoms with Gasteiger partial charge in [0.05, 0.1) is 38.6 Å². The summed E-state index contributed by atoms with van der Waals surface area (Å²) >= 11 is 0. The van der Waals surface area contributed by atoms with Crippen LogP contribution in [-0.4, -0.2) is 193 Å². The highest BCUT2D eigenvalue weighted by Crippen LogP contribution is 2.33. The predicted octanol–water partition coefficient (Wildman–Crippen LogP) is 12.6. The Kier molecular flexibility index (Phi) is 54.1. The number of aliphatic hydroxyl groups excluding tert-OH is 11. The van der Waals surface area contributed by atoms with Gasteiger partial charge in [0.1, 0.15) is 73.2 Å². The normalized spacial score (nSPS) is 27.1. The zero-order valence-electron chi connectivity index (χ0n) is 60.4. The summed E-state index contributed by atoms with van der Waals surface area (Å²) in [6.07, 6.45) is 43.2. The van der Waals surface area contributed by atoms with Crippen molar-refractivity contribution in [3.63, 3.8) is 0 Å². The lowest BCUT2D eigenvalue weighted by molar-refractivity contribution is -0.379. The number of hydrogen-bond donors (Lipinski definition) is 12. The molecule has 3 aliphatic heterocycles. The van der Waals surface area contributed by atoms with E-state index in [9.17, 15) is 61.0 Å². The molecular formula is C77H145NO18. The maximum absolute atomic E-state index is 13.4. The van der Waals surface area contributed by atoms with Gasteiger partial charge in [-0.05, 0) is 32.1 Å². The minimum Gasteiger partial charge on any atom is -0.394 e. The van der Waals surface area contributed by atoms with Crippen molar-refractivity contribution in [2.24, 2.45) is 0 Å². The van der Waals surface area contributed by atoms with Crippen molar-refractivity contribution in [3.05, 3.63) is 24.3 Å². The quantitative estimate of drug-likeness (QED) is 0.0199. The molecule has 3 heterocycles. The summed E-state index contributed by atoms with van der Waals surface area (Å²) in [5.41, 5.74) is 0. The van der Waals surface area contributed by atoms with Crippen molar-refractivity contribution in [1.82, 2.24) is 5.32 Å². The van der Waals surface area contributed by atoms with Gasteiger partial charge >= 0.3 is 0 Å². The lowest BCUT2D eigenvalue weighted by Gasteiger charge is -2.48. The van der Waals surface area contributed by atoms with Crippen LogP contribution in [-0.2, 0) is 33.2 Å². The molecule has 0 aromatic rings. The summed E-state index contributed by atoms with van der Waals surface area (Å²) in [7, 11) is 0. The molecule has 0 bridgehead atoms. The van der Waals surface area contributed by atoms with Crippen LogP contribution in [0.4, 0.5) is 0 Å². The van der Waals surface area contributed by atoms with E-state index in [1.807, 2.05) is 6.08 Å². The fourth-order valence-electron chi connectivity index (χ4n) is 13.6. The number of carbonyl (C=O) groups is 1. The molecule has 3 rings (SSSR count). The van der Waals surface area contributed by atoms with E-state index in [0.29, 0.717) is 12.8 Å². The van der Waals surface area contributed by atoms with Crippen molar-refractivity contribution < 1.29 is 89.4 Å². The van der Waals surface area contributed by atoms with E-state index in [-0.39, 0.29) is 18.9 Å². The summed E-state index contributed by atoms with van der Waals surface area (Å²) < 4.78 is 34.4. The Morgan fingerprint density at radius 2 is 0.667 bits per heavy atom. The molecule has 3 fully saturated rings. The third-order valence-corrected chi connectivity index (χ3v) is 20.0. The molecule has 17 atom stereocenters. The molecule has 566 valence electrons. The van der Waals surface area contributed by atoms with Crippen LogP contribution in [0.15, 0.2) is 24.3 Å². The summed E-state index contributed by atoms with van der Waals surface area (Å²) in [6, 6.07) is -0.988. The standard InChI is InChI=1S/C77H145NO18/c1-3-5-7-9-11-13-15-17-19-21-23-25-26-27-28-29-30-31-32-33-34-35-36-38-40-42-44-46-48-50-52-54-61(82)60(78-65(83)55-53-51-49-47-45-43-41-39-37-24-22-20-18-16-14-12-10-8-6-4-2)59-91-75-71(89)68(86)73(63(57-80)93-75)96-77-72(90)69(87)74(64(58-81)94-77)95-76-70(88)67(85)66(84)62(56-79)92-76/h44,46,52,54,60-64,66-77,79-82,84-90H,3-43,45,47-51,53,55-59H2,1-2H3,(H,78,83)/b46-44+,54-52+. The minimum absolute atomic E-state index is 0.241. The molecular weight excluding hydrogens is 1230 g/mol. The number of allylic oxidation sites excluding steroid dienone is 3. The molecule has 0 saturated carbocycles. The number of ether oxygens (including phenoxy) is 6. The second-order valence-corrected chi connectivity index (χ2v) is 28.5. The number of amides is 1. The zero-order chi connectivity index (χ0) is 69.6. The Balaban J connectivity index is 1.39. The van der Waals surface area contributed by atoms with E-state index in [4.69, 9.17) is 28.4 Å². The summed E-state index contributed by atoms with van der Waals surface area (Å²) in [6.45, 7) is 1.77. The van der Waals surface area contributed by atoms with Crippen LogP contribution in [0.2, 0.25) is 0 Å². The van der Waals surface area contributed by atoms with Gasteiger partial charge in [-0.2, -0.15) is 0 Å². The molecule has 0 spiro atoms. The van der Waals surface area contributed by atoms with Gasteiger partial charge in [-0.25, -0.2) is 0 Å². The van der Waals surface area contributed by atoms with Gasteiger partial charge in [-0.1, -0.05) is 314 Å². The van der Waals surface area contributed by atoms with Crippen LogP contribution >= 0.6 is 0 Å². The first kappa shape index (κ1) is 88.5. The van der Waals surface area contributed by atoms with Gasteiger partial charge in [0, 0.05) is 6.42 Å². The maximum Gasteiger partial charge on any atom is 0.220 e. The lowest BCUT2D eigenvalue weighted by Crippen LogP contribution is -2.66. The first-order valence-corrected chi connectivity index (χ1v) is 39.6. The monoisotopic (exact) mass is 1370 g/mol. The molecule has 0 radical (unpaired) electrons. The molecule has 19 heteroatoms. The second kappa shape index (κ2) is 58.7. The molecule has 12 N–H and O–H groups in total. The number of carbonyl (C=O) groups excluding carboxylic acids is 1. The molecule has 3 aliphatic rings. The van der Waals surface area contributed by atoms with Crippen molar-refractivity contribution >= 4 is 5.91 Å². The van der Waals surface area contributed by atoms with Crippen molar-refractivity contribution in [2.75, 3.05) is 26.4 Å². The van der Waals surface area contributed by atoms with Gasteiger partial charge in [0.15, 0.2) is 18.9 Å². The fraction of sp³-hybridized carbons (Fsp3) is 0.935. The fourth-order valence-corrected chi connectivity index (χ4v) is 13.6. The van der Waals surface area contributed by atoms with Gasteiger partial charge in [-0.15, -0.1) is 0 Å². The number of rotatable bonds is 63. The van der Waals surface area contributed by atoms with Gasteiger partial charge in [0.25, 0.3) is 0 Å². The Morgan fingerprint density at radius 3 is 1.04 bits per heavy atom. The van der Waals surface area contributed by atoms with Crippen molar-refractivity contribution in [3.8, 4) is 0 Å². The van der Waals surface area contributed by atoms with Crippen molar-refractivity contribution in [1.29, 1.82) is 0 Å². The Morgan fingerprint density at radius 1 is 0.365 bits per heavy atom. The molecule has 19 nitrogen and oxygen atoms in total. The van der Waals surface area contributed by atoms with E-state index in [2.05, 4.69) is 31.3 Å². The first-order chi connectivity index (χ1) is 46.8. The van der Waals surface area contributed by atoms with Crippen LogP contribution in [0.25, 0.3) is 0 Å². The average Bonchev–Trinajstić information content (AvgIpc) is 0.785. The number of hydrogen-bond acceptors (Lipinski definition) is 18. The van der Waals surface area contributed by atoms with Crippen molar-refractivity contribution in [2.45, 2.75) is 433 Å². The van der Waals surface area contributed by atoms with E-state index in [1.54, 1.807) is 6.08 Å². The first-order valence-electron chi connectivity index (χ1n) is 39.6. The van der Waals surface area contributed by atoms with E-state index < -0.39 is 124 Å². The van der Waals surface area contributed by atoms with Gasteiger partial charge < -0.3 is 89.9 Å². The lowest BCUT2D eigenvalue weighted by atomic mass is 9.96. The third-order valence-electron chi connectivity index (χ3n) is 20.0. The molecule has 3 saturated heterocycles. The van der Waals surface area contributed by atoms with E-state index in [1.165, 1.54) is 257 Å². The smallest absolute Gasteiger partial charge is 0.220 e. The predicted molar refractivity (Wildman–Crippen MR) is 379 cm³/mol. The highest BCUT2D eigenvalue weighted by Gasteiger charge is 2.53. The highest BCUT2D eigenvalue weighted by molar-refractivity contribution is 5.76. The summed E-state index contributed by atoms with van der Waals surface area (Å²) in [5.74, 6) is -0.278. The molecule has 0 aliphatic carbocycles. The molecule has 1 amide bonds. The topological polar surface area (TPSA) is 307 Å². The van der Waals surface area contributed by atoms with Gasteiger partial charge in [0.2, 0.25) is 5.91 Å². The van der Waals surface area contributed by atoms with Crippen LogP contribution < -0.4 is 5.32 Å². The molecule has 0 aromatic carbocycles. The highest BCUT2D eigenvalue weighted by atomic mass is 16.8. The number of nitrogens with one attached hydrogen (secondary N) is 1. The Bertz CT molecular complexity index is 1830.